The first kappa shape index (κ1) is 25.2. The molecule has 0 bridgehead atoms. The van der Waals surface area contributed by atoms with Gasteiger partial charge in [-0.25, -0.2) is 9.97 Å². The van der Waals surface area contributed by atoms with Crippen LogP contribution in [0.15, 0.2) is 24.3 Å². The van der Waals surface area contributed by atoms with Gasteiger partial charge in [0.1, 0.15) is 11.6 Å². The Kier molecular flexibility index (Phi) is 8.54. The largest absolute Gasteiger partial charge is 0.392 e. The van der Waals surface area contributed by atoms with Crippen molar-refractivity contribution >= 4 is 22.6 Å². The van der Waals surface area contributed by atoms with E-state index >= 15 is 0 Å². The number of nitrogens with one attached hydrogen (secondary N) is 1. The van der Waals surface area contributed by atoms with E-state index in [2.05, 4.69) is 5.32 Å². The van der Waals surface area contributed by atoms with Crippen LogP contribution < -0.4 is 10.2 Å². The first-order chi connectivity index (χ1) is 15.6. The zero-order chi connectivity index (χ0) is 24.0. The molecule has 0 radical (unpaired) electrons. The number of anilines is 1. The number of nitrogens with zero attached hydrogens (tertiary/aromatic N) is 3. The standard InChI is InChI=1S/C25H35F3N4O/c1-17(25(26,27)28)15-23(33)29-16-19-13-11-18(12-14-19)7-6-10-22-30-21-9-5-4-8-20(21)24(31-22)32(2)3/h4-5,8-9,17-19H,6-7,10-16H2,1-3H3,(H,29,33). The number of carbonyl (C=O) groups is 1. The Bertz CT molecular complexity index is 923. The van der Waals surface area contributed by atoms with E-state index in [1.807, 2.05) is 43.3 Å². The Morgan fingerprint density at radius 3 is 2.45 bits per heavy atom. The van der Waals surface area contributed by atoms with E-state index in [9.17, 15) is 18.0 Å². The van der Waals surface area contributed by atoms with Crippen molar-refractivity contribution in [2.24, 2.45) is 17.8 Å². The lowest BCUT2D eigenvalue weighted by atomic mass is 9.80. The third-order valence-electron chi connectivity index (χ3n) is 6.67. The predicted octanol–water partition coefficient (Wildman–Crippen LogP) is 5.53. The predicted molar refractivity (Wildman–Crippen MR) is 125 cm³/mol. The summed E-state index contributed by atoms with van der Waals surface area (Å²) in [6, 6.07) is 8.07. The number of rotatable bonds is 9. The first-order valence-electron chi connectivity index (χ1n) is 11.9. The number of para-hydroxylation sites is 1. The van der Waals surface area contributed by atoms with Crippen LogP contribution in [0.2, 0.25) is 0 Å². The first-order valence-corrected chi connectivity index (χ1v) is 11.9. The molecule has 5 nitrogen and oxygen atoms in total. The molecule has 0 spiro atoms. The second-order valence-electron chi connectivity index (χ2n) is 9.60. The van der Waals surface area contributed by atoms with Gasteiger partial charge >= 0.3 is 6.18 Å². The number of hydrogen-bond acceptors (Lipinski definition) is 4. The molecule has 1 aromatic carbocycles. The molecule has 1 aliphatic carbocycles. The van der Waals surface area contributed by atoms with Gasteiger partial charge in [0.05, 0.1) is 11.4 Å². The fourth-order valence-electron chi connectivity index (χ4n) is 4.56. The van der Waals surface area contributed by atoms with E-state index in [4.69, 9.17) is 9.97 Å². The summed E-state index contributed by atoms with van der Waals surface area (Å²) in [5.74, 6) is 0.724. The van der Waals surface area contributed by atoms with Gasteiger partial charge in [-0.1, -0.05) is 38.3 Å². The summed E-state index contributed by atoms with van der Waals surface area (Å²) in [6.07, 6.45) is 2.41. The smallest absolute Gasteiger partial charge is 0.362 e. The van der Waals surface area contributed by atoms with Crippen molar-refractivity contribution in [3.05, 3.63) is 30.1 Å². The lowest BCUT2D eigenvalue weighted by Gasteiger charge is -2.28. The van der Waals surface area contributed by atoms with Gasteiger partial charge in [0, 0.05) is 38.9 Å². The van der Waals surface area contributed by atoms with Gasteiger partial charge in [0.15, 0.2) is 0 Å². The van der Waals surface area contributed by atoms with Gasteiger partial charge in [-0.2, -0.15) is 13.2 Å². The van der Waals surface area contributed by atoms with Gasteiger partial charge < -0.3 is 10.2 Å². The topological polar surface area (TPSA) is 58.1 Å². The molecule has 1 saturated carbocycles. The highest BCUT2D eigenvalue weighted by atomic mass is 19.4. The summed E-state index contributed by atoms with van der Waals surface area (Å²) in [4.78, 5) is 23.3. The van der Waals surface area contributed by atoms with E-state index in [0.29, 0.717) is 18.4 Å². The van der Waals surface area contributed by atoms with Crippen LogP contribution in [-0.2, 0) is 11.2 Å². The maximum Gasteiger partial charge on any atom is 0.392 e. The minimum Gasteiger partial charge on any atom is -0.362 e. The highest BCUT2D eigenvalue weighted by Gasteiger charge is 2.37. The van der Waals surface area contributed by atoms with E-state index < -0.39 is 24.4 Å². The zero-order valence-electron chi connectivity index (χ0n) is 19.8. The monoisotopic (exact) mass is 464 g/mol. The Hall–Kier alpha value is -2.38. The molecule has 1 aromatic heterocycles. The minimum absolute atomic E-state index is 0.359. The normalized spacial score (nSPS) is 19.9. The fraction of sp³-hybridized carbons (Fsp3) is 0.640. The summed E-state index contributed by atoms with van der Waals surface area (Å²) >= 11 is 0. The zero-order valence-corrected chi connectivity index (χ0v) is 19.8. The number of alkyl halides is 3. The Morgan fingerprint density at radius 2 is 1.79 bits per heavy atom. The van der Waals surface area contributed by atoms with E-state index in [1.54, 1.807) is 0 Å². The van der Waals surface area contributed by atoms with E-state index in [0.717, 1.165) is 74.4 Å². The van der Waals surface area contributed by atoms with Crippen molar-refractivity contribution in [2.45, 2.75) is 64.5 Å². The number of aromatic nitrogens is 2. The van der Waals surface area contributed by atoms with Crippen LogP contribution in [0.25, 0.3) is 10.9 Å². The molecule has 33 heavy (non-hydrogen) atoms. The lowest BCUT2D eigenvalue weighted by molar-refractivity contribution is -0.174. The lowest BCUT2D eigenvalue weighted by Crippen LogP contribution is -2.34. The second-order valence-corrected chi connectivity index (χ2v) is 9.60. The SMILES string of the molecule is CC(CC(=O)NCC1CCC(CCCc2nc(N(C)C)c3ccccc3n2)CC1)C(F)(F)F. The molecule has 1 aliphatic rings. The molecule has 8 heteroatoms. The van der Waals surface area contributed by atoms with Crippen molar-refractivity contribution in [1.29, 1.82) is 0 Å². The second kappa shape index (κ2) is 11.2. The maximum atomic E-state index is 12.6. The van der Waals surface area contributed by atoms with Crippen molar-refractivity contribution in [3.63, 3.8) is 0 Å². The molecule has 0 aliphatic heterocycles. The van der Waals surface area contributed by atoms with Crippen LogP contribution in [0, 0.1) is 17.8 Å². The number of halogens is 3. The highest BCUT2D eigenvalue weighted by molar-refractivity contribution is 5.89. The summed E-state index contributed by atoms with van der Waals surface area (Å²) in [6.45, 7) is 1.53. The van der Waals surface area contributed by atoms with Crippen LogP contribution in [0.1, 0.15) is 57.7 Å². The minimum atomic E-state index is -4.32. The molecule has 2 aromatic rings. The summed E-state index contributed by atoms with van der Waals surface area (Å²) in [5, 5.41) is 3.76. The van der Waals surface area contributed by atoms with Crippen LogP contribution in [0.3, 0.4) is 0 Å². The van der Waals surface area contributed by atoms with Crippen LogP contribution in [0.4, 0.5) is 19.0 Å². The molecule has 1 heterocycles. The Balaban J connectivity index is 1.39. The summed E-state index contributed by atoms with van der Waals surface area (Å²) in [7, 11) is 3.99. The number of carbonyl (C=O) groups excluding carboxylic acids is 1. The van der Waals surface area contributed by atoms with Crippen LogP contribution in [-0.4, -0.2) is 42.7 Å². The number of aryl methyl sites for hydroxylation is 1. The average Bonchev–Trinajstić information content (AvgIpc) is 2.77. The van der Waals surface area contributed by atoms with Crippen molar-refractivity contribution in [3.8, 4) is 0 Å². The van der Waals surface area contributed by atoms with Gasteiger partial charge in [-0.05, 0) is 43.2 Å². The molecule has 1 atom stereocenters. The van der Waals surface area contributed by atoms with Gasteiger partial charge in [0.25, 0.3) is 0 Å². The third kappa shape index (κ3) is 7.30. The maximum absolute atomic E-state index is 12.6. The van der Waals surface area contributed by atoms with E-state index in [1.165, 1.54) is 0 Å². The number of amides is 1. The van der Waals surface area contributed by atoms with Gasteiger partial charge in [-0.15, -0.1) is 0 Å². The quantitative estimate of drug-likeness (QED) is 0.530. The van der Waals surface area contributed by atoms with E-state index in [-0.39, 0.29) is 0 Å². The molecule has 3 rings (SSSR count). The van der Waals surface area contributed by atoms with Crippen LogP contribution >= 0.6 is 0 Å². The summed E-state index contributed by atoms with van der Waals surface area (Å²) < 4.78 is 37.8. The fourth-order valence-corrected chi connectivity index (χ4v) is 4.56. The van der Waals surface area contributed by atoms with Crippen molar-refractivity contribution < 1.29 is 18.0 Å². The molecular weight excluding hydrogens is 429 g/mol. The molecule has 182 valence electrons. The Labute approximate surface area is 194 Å². The third-order valence-corrected chi connectivity index (χ3v) is 6.67. The Morgan fingerprint density at radius 1 is 1.12 bits per heavy atom. The average molecular weight is 465 g/mol. The summed E-state index contributed by atoms with van der Waals surface area (Å²) in [5.41, 5.74) is 0.971. The molecule has 1 fully saturated rings. The number of benzene rings is 1. The molecule has 1 unspecified atom stereocenters. The van der Waals surface area contributed by atoms with Crippen molar-refractivity contribution in [1.82, 2.24) is 15.3 Å². The van der Waals surface area contributed by atoms with Gasteiger partial charge in [0.2, 0.25) is 5.91 Å². The van der Waals surface area contributed by atoms with Gasteiger partial charge in [-0.3, -0.25) is 4.79 Å². The number of hydrogen-bond donors (Lipinski definition) is 1. The number of fused-ring (bicyclic) bond motifs is 1. The molecule has 0 saturated heterocycles. The molecule has 1 amide bonds. The van der Waals surface area contributed by atoms with Crippen LogP contribution in [0.5, 0.6) is 0 Å². The van der Waals surface area contributed by atoms with Crippen molar-refractivity contribution in [2.75, 3.05) is 25.5 Å². The molecular formula is C25H35F3N4O. The highest BCUT2D eigenvalue weighted by Crippen LogP contribution is 2.32. The molecule has 1 N–H and O–H groups in total.